The first-order chi connectivity index (χ1) is 6.08. The molecule has 0 aromatic rings. The molecule has 0 aromatic heterocycles. The van der Waals surface area contributed by atoms with E-state index in [0.717, 1.165) is 6.54 Å². The molecule has 0 saturated heterocycles. The van der Waals surface area contributed by atoms with Crippen LogP contribution in [-0.2, 0) is 0 Å². The van der Waals surface area contributed by atoms with Crippen LogP contribution in [0.4, 0.5) is 0 Å². The molecule has 1 atom stereocenters. The summed E-state index contributed by atoms with van der Waals surface area (Å²) in [4.78, 5) is 6.43. The molecule has 76 valence electrons. The molecule has 1 rings (SSSR count). The van der Waals surface area contributed by atoms with Crippen LogP contribution in [0.5, 0.6) is 0 Å². The maximum absolute atomic E-state index is 5.71. The Morgan fingerprint density at radius 2 is 2.23 bits per heavy atom. The smallest absolute Gasteiger partial charge is 0.189 e. The van der Waals surface area contributed by atoms with Crippen LogP contribution in [0, 0.1) is 0 Å². The summed E-state index contributed by atoms with van der Waals surface area (Å²) in [5.74, 6) is 0.594. The van der Waals surface area contributed by atoms with Crippen molar-refractivity contribution >= 4 is 5.96 Å². The molecule has 1 unspecified atom stereocenters. The van der Waals surface area contributed by atoms with Gasteiger partial charge in [0, 0.05) is 12.6 Å². The monoisotopic (exact) mass is 184 g/mol. The van der Waals surface area contributed by atoms with Gasteiger partial charge in [-0.05, 0) is 33.9 Å². The minimum atomic E-state index is 0.359. The minimum absolute atomic E-state index is 0.359. The van der Waals surface area contributed by atoms with Gasteiger partial charge in [0.1, 0.15) is 0 Å². The van der Waals surface area contributed by atoms with Gasteiger partial charge in [-0.1, -0.05) is 0 Å². The summed E-state index contributed by atoms with van der Waals surface area (Å²) in [7, 11) is 4.10. The van der Waals surface area contributed by atoms with E-state index < -0.39 is 0 Å². The van der Waals surface area contributed by atoms with Gasteiger partial charge >= 0.3 is 0 Å². The lowest BCUT2D eigenvalue weighted by atomic mass is 10.3. The third-order valence-corrected chi connectivity index (χ3v) is 1.90. The van der Waals surface area contributed by atoms with Crippen LogP contribution < -0.4 is 11.1 Å². The first kappa shape index (κ1) is 10.3. The Bertz CT molecular complexity index is 184. The summed E-state index contributed by atoms with van der Waals surface area (Å²) in [6.45, 7) is 3.08. The van der Waals surface area contributed by atoms with Gasteiger partial charge in [0.15, 0.2) is 5.96 Å². The Balaban J connectivity index is 2.21. The molecule has 13 heavy (non-hydrogen) atoms. The summed E-state index contributed by atoms with van der Waals surface area (Å²) in [5, 5.41) is 3.17. The normalized spacial score (nSPS) is 20.5. The molecule has 0 heterocycles. The Kier molecular flexibility index (Phi) is 3.54. The number of likely N-dealkylation sites (N-methyl/N-ethyl adjacent to an activating group) is 1. The van der Waals surface area contributed by atoms with E-state index in [9.17, 15) is 0 Å². The first-order valence-electron chi connectivity index (χ1n) is 4.82. The molecule has 4 nitrogen and oxygen atoms in total. The Labute approximate surface area is 80.2 Å². The van der Waals surface area contributed by atoms with Gasteiger partial charge in [-0.2, -0.15) is 0 Å². The molecule has 3 N–H and O–H groups in total. The van der Waals surface area contributed by atoms with Crippen molar-refractivity contribution in [2.75, 3.05) is 20.6 Å². The number of nitrogens with zero attached hydrogens (tertiary/aromatic N) is 2. The molecule has 1 saturated carbocycles. The Morgan fingerprint density at radius 1 is 1.62 bits per heavy atom. The second-order valence-corrected chi connectivity index (χ2v) is 4.05. The van der Waals surface area contributed by atoms with Gasteiger partial charge in [0.05, 0.1) is 6.04 Å². The number of nitrogens with two attached hydrogens (primary N) is 1. The van der Waals surface area contributed by atoms with Crippen LogP contribution in [0.25, 0.3) is 0 Å². The van der Waals surface area contributed by atoms with Gasteiger partial charge in [0.25, 0.3) is 0 Å². The van der Waals surface area contributed by atoms with E-state index in [2.05, 4.69) is 22.1 Å². The molecule has 1 aliphatic carbocycles. The summed E-state index contributed by atoms with van der Waals surface area (Å²) < 4.78 is 0. The molecule has 0 aromatic carbocycles. The van der Waals surface area contributed by atoms with Crippen LogP contribution in [0.3, 0.4) is 0 Å². The van der Waals surface area contributed by atoms with E-state index in [1.165, 1.54) is 12.8 Å². The fourth-order valence-corrected chi connectivity index (χ4v) is 1.28. The quantitative estimate of drug-likeness (QED) is 0.478. The maximum Gasteiger partial charge on any atom is 0.189 e. The van der Waals surface area contributed by atoms with E-state index >= 15 is 0 Å². The number of rotatable bonds is 4. The number of hydrogen-bond donors (Lipinski definition) is 2. The van der Waals surface area contributed by atoms with Gasteiger partial charge in [-0.25, -0.2) is 0 Å². The third kappa shape index (κ3) is 4.72. The number of aliphatic imine (C=N–C) groups is 1. The maximum atomic E-state index is 5.71. The predicted molar refractivity (Wildman–Crippen MR) is 55.8 cm³/mol. The van der Waals surface area contributed by atoms with Crippen molar-refractivity contribution in [1.82, 2.24) is 10.2 Å². The molecule has 0 radical (unpaired) electrons. The van der Waals surface area contributed by atoms with Gasteiger partial charge in [0.2, 0.25) is 0 Å². The Hall–Kier alpha value is -0.770. The zero-order chi connectivity index (χ0) is 9.84. The molecule has 1 fully saturated rings. The molecular weight excluding hydrogens is 164 g/mol. The summed E-state index contributed by atoms with van der Waals surface area (Å²) in [5.41, 5.74) is 5.71. The largest absolute Gasteiger partial charge is 0.370 e. The molecule has 0 spiro atoms. The number of hydrogen-bond acceptors (Lipinski definition) is 2. The lowest BCUT2D eigenvalue weighted by Gasteiger charge is -2.18. The number of guanidine groups is 1. The lowest BCUT2D eigenvalue weighted by molar-refractivity contribution is 0.369. The van der Waals surface area contributed by atoms with Crippen LogP contribution in [0.2, 0.25) is 0 Å². The second-order valence-electron chi connectivity index (χ2n) is 4.05. The van der Waals surface area contributed by atoms with Crippen LogP contribution >= 0.6 is 0 Å². The first-order valence-corrected chi connectivity index (χ1v) is 4.82. The standard InChI is InChI=1S/C9H20N4/c1-7(6-13(2)3)11-9(10)12-8-4-5-8/h7-8H,4-6H2,1-3H3,(H3,10,11,12). The van der Waals surface area contributed by atoms with Gasteiger partial charge in [-0.15, -0.1) is 0 Å². The van der Waals surface area contributed by atoms with Gasteiger partial charge < -0.3 is 16.0 Å². The van der Waals surface area contributed by atoms with Crippen molar-refractivity contribution in [3.05, 3.63) is 0 Å². The Morgan fingerprint density at radius 3 is 2.69 bits per heavy atom. The highest BCUT2D eigenvalue weighted by atomic mass is 15.2. The summed E-state index contributed by atoms with van der Waals surface area (Å²) in [6, 6.07) is 0.858. The van der Waals surface area contributed by atoms with E-state index in [-0.39, 0.29) is 0 Å². The van der Waals surface area contributed by atoms with Crippen molar-refractivity contribution in [2.24, 2.45) is 10.7 Å². The van der Waals surface area contributed by atoms with Crippen molar-refractivity contribution in [2.45, 2.75) is 31.8 Å². The molecule has 0 bridgehead atoms. The lowest BCUT2D eigenvalue weighted by Crippen LogP contribution is -2.43. The molecule has 0 amide bonds. The second kappa shape index (κ2) is 4.46. The molecule has 1 aliphatic rings. The summed E-state index contributed by atoms with van der Waals surface area (Å²) in [6.07, 6.45) is 2.40. The SMILES string of the molecule is CC(CN(C)C)NC(N)=NC1CC1. The highest BCUT2D eigenvalue weighted by Gasteiger charge is 2.20. The van der Waals surface area contributed by atoms with E-state index in [0.29, 0.717) is 18.0 Å². The third-order valence-electron chi connectivity index (χ3n) is 1.90. The zero-order valence-corrected chi connectivity index (χ0v) is 8.75. The molecule has 4 heteroatoms. The molecular formula is C9H20N4. The van der Waals surface area contributed by atoms with Crippen LogP contribution in [-0.4, -0.2) is 43.6 Å². The van der Waals surface area contributed by atoms with Gasteiger partial charge in [-0.3, -0.25) is 4.99 Å². The highest BCUT2D eigenvalue weighted by molar-refractivity contribution is 5.78. The van der Waals surface area contributed by atoms with Crippen molar-refractivity contribution in [3.8, 4) is 0 Å². The van der Waals surface area contributed by atoms with Crippen molar-refractivity contribution in [3.63, 3.8) is 0 Å². The fourth-order valence-electron chi connectivity index (χ4n) is 1.28. The topological polar surface area (TPSA) is 53.6 Å². The van der Waals surface area contributed by atoms with Crippen molar-refractivity contribution in [1.29, 1.82) is 0 Å². The van der Waals surface area contributed by atoms with Crippen molar-refractivity contribution < 1.29 is 0 Å². The zero-order valence-electron chi connectivity index (χ0n) is 8.75. The van der Waals surface area contributed by atoms with Crippen LogP contribution in [0.15, 0.2) is 4.99 Å². The molecule has 0 aliphatic heterocycles. The highest BCUT2D eigenvalue weighted by Crippen LogP contribution is 2.22. The van der Waals surface area contributed by atoms with E-state index in [1.807, 2.05) is 14.1 Å². The average molecular weight is 184 g/mol. The average Bonchev–Trinajstić information content (AvgIpc) is 2.67. The predicted octanol–water partition coefficient (Wildman–Crippen LogP) is 0.00320. The van der Waals surface area contributed by atoms with E-state index in [1.54, 1.807) is 0 Å². The summed E-state index contributed by atoms with van der Waals surface area (Å²) >= 11 is 0. The van der Waals surface area contributed by atoms with E-state index in [4.69, 9.17) is 5.73 Å². The minimum Gasteiger partial charge on any atom is -0.370 e. The number of nitrogens with one attached hydrogen (secondary N) is 1. The fraction of sp³-hybridized carbons (Fsp3) is 0.889. The van der Waals surface area contributed by atoms with Crippen LogP contribution in [0.1, 0.15) is 19.8 Å².